The first-order chi connectivity index (χ1) is 11.1. The molecule has 0 spiro atoms. The number of anilines is 2. The van der Waals surface area contributed by atoms with Crippen molar-refractivity contribution >= 4 is 23.2 Å². The molecule has 0 fully saturated rings. The molecule has 0 aliphatic carbocycles. The number of hydrogen-bond acceptors (Lipinski definition) is 2. The molecule has 23 heavy (non-hydrogen) atoms. The molecule has 2 aromatic carbocycles. The summed E-state index contributed by atoms with van der Waals surface area (Å²) < 4.78 is 0. The Morgan fingerprint density at radius 3 is 2.70 bits per heavy atom. The molecule has 2 aromatic rings. The number of amides is 2. The molecular formula is C19H18N2O2. The quantitative estimate of drug-likeness (QED) is 0.880. The molecule has 2 atom stereocenters. The normalized spacial score (nSPS) is 22.3. The van der Waals surface area contributed by atoms with Gasteiger partial charge < -0.3 is 10.2 Å². The summed E-state index contributed by atoms with van der Waals surface area (Å²) in [4.78, 5) is 27.1. The summed E-state index contributed by atoms with van der Waals surface area (Å²) >= 11 is 0. The minimum Gasteiger partial charge on any atom is -0.326 e. The van der Waals surface area contributed by atoms with Crippen molar-refractivity contribution in [1.82, 2.24) is 0 Å². The number of nitrogens with zero attached hydrogens (tertiary/aromatic N) is 1. The van der Waals surface area contributed by atoms with Crippen LogP contribution < -0.4 is 10.2 Å². The Bertz CT molecular complexity index is 799. The minimum atomic E-state index is -0.409. The summed E-state index contributed by atoms with van der Waals surface area (Å²) in [5.41, 5.74) is 3.84. The minimum absolute atomic E-state index is 0.0183. The topological polar surface area (TPSA) is 49.4 Å². The van der Waals surface area contributed by atoms with Crippen LogP contribution in [0.4, 0.5) is 11.4 Å². The van der Waals surface area contributed by atoms with Crippen LogP contribution in [-0.2, 0) is 16.0 Å². The Kier molecular flexibility index (Phi) is 3.18. The Balaban J connectivity index is 1.74. The van der Waals surface area contributed by atoms with Crippen LogP contribution in [0.15, 0.2) is 48.5 Å². The zero-order chi connectivity index (χ0) is 16.0. The third-order valence-electron chi connectivity index (χ3n) is 4.74. The highest BCUT2D eigenvalue weighted by atomic mass is 16.2. The third-order valence-corrected chi connectivity index (χ3v) is 4.74. The summed E-state index contributed by atoms with van der Waals surface area (Å²) in [6.07, 6.45) is 1.07. The average molecular weight is 306 g/mol. The Labute approximate surface area is 135 Å². The van der Waals surface area contributed by atoms with Crippen molar-refractivity contribution < 1.29 is 9.59 Å². The highest BCUT2D eigenvalue weighted by Crippen LogP contribution is 2.38. The van der Waals surface area contributed by atoms with Gasteiger partial charge in [0.2, 0.25) is 11.8 Å². The van der Waals surface area contributed by atoms with E-state index in [0.29, 0.717) is 0 Å². The van der Waals surface area contributed by atoms with Crippen molar-refractivity contribution in [3.8, 4) is 0 Å². The van der Waals surface area contributed by atoms with Crippen LogP contribution in [0.3, 0.4) is 0 Å². The Hall–Kier alpha value is -2.62. The van der Waals surface area contributed by atoms with Crippen LogP contribution in [0, 0.1) is 0 Å². The number of nitrogens with one attached hydrogen (secondary N) is 1. The van der Waals surface area contributed by atoms with E-state index in [1.54, 1.807) is 0 Å². The van der Waals surface area contributed by atoms with Crippen LogP contribution in [0.5, 0.6) is 0 Å². The van der Waals surface area contributed by atoms with Gasteiger partial charge in [-0.05, 0) is 36.6 Å². The maximum Gasteiger partial charge on any atom is 0.235 e. The van der Waals surface area contributed by atoms with Crippen LogP contribution in [0.1, 0.15) is 30.4 Å². The average Bonchev–Trinajstić information content (AvgIpc) is 2.89. The van der Waals surface area contributed by atoms with Gasteiger partial charge in [-0.2, -0.15) is 0 Å². The smallest absolute Gasteiger partial charge is 0.235 e. The number of fused-ring (bicyclic) bond motifs is 2. The lowest BCUT2D eigenvalue weighted by atomic mass is 9.89. The fraction of sp³-hybridized carbons (Fsp3) is 0.263. The van der Waals surface area contributed by atoms with Crippen molar-refractivity contribution in [3.63, 3.8) is 0 Å². The molecule has 2 aliphatic heterocycles. The van der Waals surface area contributed by atoms with E-state index in [1.165, 1.54) is 5.56 Å². The number of para-hydroxylation sites is 2. The lowest BCUT2D eigenvalue weighted by molar-refractivity contribution is -0.124. The van der Waals surface area contributed by atoms with Gasteiger partial charge in [-0.3, -0.25) is 9.59 Å². The molecule has 2 aliphatic rings. The molecular weight excluding hydrogens is 288 g/mol. The first-order valence-corrected chi connectivity index (χ1v) is 7.95. The maximum absolute atomic E-state index is 13.2. The molecule has 2 amide bonds. The molecule has 0 unspecified atom stereocenters. The molecule has 4 heteroatoms. The van der Waals surface area contributed by atoms with Gasteiger partial charge in [0.15, 0.2) is 0 Å². The molecule has 2 heterocycles. The van der Waals surface area contributed by atoms with Gasteiger partial charge in [-0.1, -0.05) is 36.4 Å². The first kappa shape index (κ1) is 14.0. The van der Waals surface area contributed by atoms with E-state index in [-0.39, 0.29) is 24.3 Å². The lowest BCUT2D eigenvalue weighted by Crippen LogP contribution is -2.41. The number of hydrogen-bond donors (Lipinski definition) is 1. The fourth-order valence-corrected chi connectivity index (χ4v) is 3.70. The molecule has 116 valence electrons. The maximum atomic E-state index is 13.2. The van der Waals surface area contributed by atoms with Gasteiger partial charge in [-0.25, -0.2) is 0 Å². The predicted molar refractivity (Wildman–Crippen MR) is 89.5 cm³/mol. The molecule has 0 radical (unpaired) electrons. The predicted octanol–water partition coefficient (Wildman–Crippen LogP) is 3.09. The van der Waals surface area contributed by atoms with E-state index in [4.69, 9.17) is 0 Å². The number of benzene rings is 2. The van der Waals surface area contributed by atoms with Crippen molar-refractivity contribution in [2.24, 2.45) is 0 Å². The lowest BCUT2D eigenvalue weighted by Gasteiger charge is -2.31. The van der Waals surface area contributed by atoms with E-state index in [2.05, 4.69) is 18.3 Å². The van der Waals surface area contributed by atoms with Crippen molar-refractivity contribution in [2.45, 2.75) is 31.7 Å². The third kappa shape index (κ3) is 2.22. The van der Waals surface area contributed by atoms with Crippen molar-refractivity contribution in [2.75, 3.05) is 10.2 Å². The second-order valence-electron chi connectivity index (χ2n) is 6.28. The van der Waals surface area contributed by atoms with Gasteiger partial charge in [0.05, 0.1) is 5.92 Å². The Morgan fingerprint density at radius 1 is 1.09 bits per heavy atom. The SMILES string of the molecule is C[C@@H]1Cc2ccccc2N1C(=O)[C@@H]1CC(=O)Nc2ccccc21. The molecule has 4 rings (SSSR count). The first-order valence-electron chi connectivity index (χ1n) is 7.95. The number of carbonyl (C=O) groups excluding carboxylic acids is 2. The Morgan fingerprint density at radius 2 is 1.83 bits per heavy atom. The molecule has 4 nitrogen and oxygen atoms in total. The fourth-order valence-electron chi connectivity index (χ4n) is 3.70. The molecule has 1 N–H and O–H groups in total. The summed E-state index contributed by atoms with van der Waals surface area (Å²) in [5.74, 6) is -0.486. The van der Waals surface area contributed by atoms with Gasteiger partial charge in [0.1, 0.15) is 0 Å². The van der Waals surface area contributed by atoms with Gasteiger partial charge in [0, 0.05) is 23.8 Å². The number of rotatable bonds is 1. The highest BCUT2D eigenvalue weighted by Gasteiger charge is 2.38. The van der Waals surface area contributed by atoms with Crippen LogP contribution >= 0.6 is 0 Å². The van der Waals surface area contributed by atoms with E-state index in [0.717, 1.165) is 23.4 Å². The number of carbonyl (C=O) groups is 2. The van der Waals surface area contributed by atoms with E-state index in [1.807, 2.05) is 47.4 Å². The van der Waals surface area contributed by atoms with Gasteiger partial charge in [-0.15, -0.1) is 0 Å². The monoisotopic (exact) mass is 306 g/mol. The molecule has 0 saturated heterocycles. The molecule has 0 aromatic heterocycles. The van der Waals surface area contributed by atoms with Crippen LogP contribution in [0.2, 0.25) is 0 Å². The summed E-state index contributed by atoms with van der Waals surface area (Å²) in [5, 5.41) is 2.86. The second kappa shape index (κ2) is 5.23. The second-order valence-corrected chi connectivity index (χ2v) is 6.28. The summed E-state index contributed by atoms with van der Waals surface area (Å²) in [7, 11) is 0. The highest BCUT2D eigenvalue weighted by molar-refractivity contribution is 6.07. The van der Waals surface area contributed by atoms with E-state index in [9.17, 15) is 9.59 Å². The van der Waals surface area contributed by atoms with E-state index >= 15 is 0 Å². The molecule has 0 saturated carbocycles. The van der Waals surface area contributed by atoms with Gasteiger partial charge in [0.25, 0.3) is 0 Å². The van der Waals surface area contributed by atoms with Crippen molar-refractivity contribution in [1.29, 1.82) is 0 Å². The van der Waals surface area contributed by atoms with Gasteiger partial charge >= 0.3 is 0 Å². The van der Waals surface area contributed by atoms with Crippen LogP contribution in [0.25, 0.3) is 0 Å². The zero-order valence-corrected chi connectivity index (χ0v) is 13.0. The molecule has 0 bridgehead atoms. The van der Waals surface area contributed by atoms with Crippen LogP contribution in [-0.4, -0.2) is 17.9 Å². The standard InChI is InChI=1S/C19H18N2O2/c1-12-10-13-6-2-5-9-17(13)21(12)19(23)15-11-18(22)20-16-8-4-3-7-14(15)16/h2-9,12,15H,10-11H2,1H3,(H,20,22)/t12-,15-/m1/s1. The summed E-state index contributed by atoms with van der Waals surface area (Å²) in [6.45, 7) is 2.06. The summed E-state index contributed by atoms with van der Waals surface area (Å²) in [6, 6.07) is 15.7. The largest absolute Gasteiger partial charge is 0.326 e. The zero-order valence-electron chi connectivity index (χ0n) is 13.0. The van der Waals surface area contributed by atoms with E-state index < -0.39 is 5.92 Å². The van der Waals surface area contributed by atoms with Crippen molar-refractivity contribution in [3.05, 3.63) is 59.7 Å².